The van der Waals surface area contributed by atoms with Crippen molar-refractivity contribution in [2.24, 2.45) is 4.99 Å². The van der Waals surface area contributed by atoms with Crippen LogP contribution >= 0.6 is 11.8 Å². The number of anilines is 1. The zero-order chi connectivity index (χ0) is 17.1. The second-order valence-corrected chi connectivity index (χ2v) is 6.21. The third-order valence-corrected chi connectivity index (χ3v) is 4.65. The maximum absolute atomic E-state index is 12.1. The minimum Gasteiger partial charge on any atom is -0.320 e. The van der Waals surface area contributed by atoms with Gasteiger partial charge in [0, 0.05) is 26.6 Å². The Morgan fingerprint density at radius 1 is 1.52 bits per heavy atom. The highest BCUT2D eigenvalue weighted by Crippen LogP contribution is 2.30. The predicted molar refractivity (Wildman–Crippen MR) is 88.6 cm³/mol. The van der Waals surface area contributed by atoms with Gasteiger partial charge in [-0.1, -0.05) is 17.8 Å². The average molecular weight is 336 g/mol. The molecule has 1 aliphatic rings. The molecule has 2 amide bonds. The van der Waals surface area contributed by atoms with Crippen LogP contribution < -0.4 is 5.32 Å². The zero-order valence-corrected chi connectivity index (χ0v) is 13.7. The van der Waals surface area contributed by atoms with Crippen LogP contribution in [0.15, 0.2) is 23.2 Å². The molecule has 0 spiro atoms. The van der Waals surface area contributed by atoms with Gasteiger partial charge in [0.05, 0.1) is 4.92 Å². The number of nitro benzene ring substituents is 1. The molecule has 1 saturated heterocycles. The lowest BCUT2D eigenvalue weighted by Gasteiger charge is -2.09. The van der Waals surface area contributed by atoms with E-state index in [1.165, 1.54) is 28.8 Å². The summed E-state index contributed by atoms with van der Waals surface area (Å²) in [4.78, 5) is 40.0. The van der Waals surface area contributed by atoms with Gasteiger partial charge in [0.15, 0.2) is 5.17 Å². The highest BCUT2D eigenvalue weighted by Gasteiger charge is 2.36. The van der Waals surface area contributed by atoms with Crippen LogP contribution in [-0.2, 0) is 9.59 Å². The Morgan fingerprint density at radius 3 is 2.78 bits per heavy atom. The molecule has 0 saturated carbocycles. The Bertz CT molecular complexity index is 704. The molecule has 0 aromatic heterocycles. The molecule has 0 unspecified atom stereocenters. The fourth-order valence-corrected chi connectivity index (χ4v) is 3.27. The molecule has 1 atom stereocenters. The number of thioether (sulfide) groups is 1. The van der Waals surface area contributed by atoms with Crippen LogP contribution in [0.2, 0.25) is 0 Å². The summed E-state index contributed by atoms with van der Waals surface area (Å²) in [5.74, 6) is -0.655. The number of amidine groups is 1. The summed E-state index contributed by atoms with van der Waals surface area (Å²) in [6.45, 7) is 1.73. The largest absolute Gasteiger partial charge is 0.320 e. The first kappa shape index (κ1) is 16.9. The molecule has 1 aliphatic heterocycles. The van der Waals surface area contributed by atoms with Gasteiger partial charge < -0.3 is 5.32 Å². The van der Waals surface area contributed by atoms with Crippen LogP contribution in [0.5, 0.6) is 0 Å². The third-order valence-electron chi connectivity index (χ3n) is 3.33. The minimum atomic E-state index is -0.566. The molecule has 1 aromatic rings. The molecule has 1 N–H and O–H groups in total. The lowest BCUT2D eigenvalue weighted by atomic mass is 10.2. The maximum atomic E-state index is 12.1. The van der Waals surface area contributed by atoms with Gasteiger partial charge in [-0.2, -0.15) is 0 Å². The number of aryl methyl sites for hydroxylation is 1. The van der Waals surface area contributed by atoms with Crippen LogP contribution in [0.1, 0.15) is 12.0 Å². The van der Waals surface area contributed by atoms with E-state index >= 15 is 0 Å². The summed E-state index contributed by atoms with van der Waals surface area (Å²) >= 11 is 1.21. The molecule has 0 radical (unpaired) electrons. The predicted octanol–water partition coefficient (Wildman–Crippen LogP) is 1.79. The molecule has 23 heavy (non-hydrogen) atoms. The number of nitrogens with one attached hydrogen (secondary N) is 1. The van der Waals surface area contributed by atoms with E-state index in [0.29, 0.717) is 5.17 Å². The first-order valence-electron chi connectivity index (χ1n) is 6.79. The molecule has 0 aliphatic carbocycles. The minimum absolute atomic E-state index is 0.0715. The third kappa shape index (κ3) is 3.67. The normalized spacial score (nSPS) is 19.3. The summed E-state index contributed by atoms with van der Waals surface area (Å²) in [7, 11) is 3.17. The van der Waals surface area contributed by atoms with Crippen LogP contribution in [0.25, 0.3) is 0 Å². The molecule has 122 valence electrons. The van der Waals surface area contributed by atoms with Crippen molar-refractivity contribution >= 4 is 40.1 Å². The number of aliphatic imine (C=N–C) groups is 1. The van der Waals surface area contributed by atoms with E-state index < -0.39 is 16.1 Å². The van der Waals surface area contributed by atoms with Crippen LogP contribution in [0.3, 0.4) is 0 Å². The lowest BCUT2D eigenvalue weighted by Crippen LogP contribution is -2.30. The summed E-state index contributed by atoms with van der Waals surface area (Å²) in [5.41, 5.74) is 0.678. The van der Waals surface area contributed by atoms with E-state index in [1.807, 2.05) is 0 Å². The second-order valence-electron chi connectivity index (χ2n) is 5.04. The van der Waals surface area contributed by atoms with Gasteiger partial charge >= 0.3 is 0 Å². The number of hydrogen-bond donors (Lipinski definition) is 1. The highest BCUT2D eigenvalue weighted by molar-refractivity contribution is 8.15. The summed E-state index contributed by atoms with van der Waals surface area (Å²) in [5, 5.41) is 13.5. The van der Waals surface area contributed by atoms with Crippen molar-refractivity contribution in [1.82, 2.24) is 4.90 Å². The molecule has 1 fully saturated rings. The Balaban J connectivity index is 2.09. The number of hydrogen-bond acceptors (Lipinski definition) is 6. The van der Waals surface area contributed by atoms with Gasteiger partial charge in [0.25, 0.3) is 5.69 Å². The van der Waals surface area contributed by atoms with Gasteiger partial charge in [0.1, 0.15) is 10.9 Å². The SMILES string of the molecule is CN=C1S[C@H](CC(=O)Nc2ccc(C)cc2[N+](=O)[O-])C(=O)N1C. The Morgan fingerprint density at radius 2 is 2.22 bits per heavy atom. The van der Waals surface area contributed by atoms with Crippen LogP contribution in [0.4, 0.5) is 11.4 Å². The van der Waals surface area contributed by atoms with Crippen molar-refractivity contribution in [3.05, 3.63) is 33.9 Å². The Hall–Kier alpha value is -2.42. The van der Waals surface area contributed by atoms with Crippen molar-refractivity contribution < 1.29 is 14.5 Å². The van der Waals surface area contributed by atoms with E-state index in [-0.39, 0.29) is 23.7 Å². The number of carbonyl (C=O) groups is 2. The molecule has 8 nitrogen and oxygen atoms in total. The summed E-state index contributed by atoms with van der Waals surface area (Å²) in [6, 6.07) is 4.55. The number of rotatable bonds is 4. The number of amides is 2. The first-order valence-corrected chi connectivity index (χ1v) is 7.67. The Kier molecular flexibility index (Phi) is 4.99. The second kappa shape index (κ2) is 6.78. The summed E-state index contributed by atoms with van der Waals surface area (Å²) in [6.07, 6.45) is -0.0715. The Labute approximate surface area is 137 Å². The van der Waals surface area contributed by atoms with Gasteiger partial charge in [-0.15, -0.1) is 0 Å². The van der Waals surface area contributed by atoms with Crippen molar-refractivity contribution in [1.29, 1.82) is 0 Å². The lowest BCUT2D eigenvalue weighted by molar-refractivity contribution is -0.384. The molecule has 1 aromatic carbocycles. The van der Waals surface area contributed by atoms with E-state index in [1.54, 1.807) is 27.1 Å². The van der Waals surface area contributed by atoms with Crippen LogP contribution in [0, 0.1) is 17.0 Å². The topological polar surface area (TPSA) is 105 Å². The molecule has 2 rings (SSSR count). The number of benzene rings is 1. The molecular formula is C14H16N4O4S. The van der Waals surface area contributed by atoms with Gasteiger partial charge in [-0.05, 0) is 18.6 Å². The fraction of sp³-hybridized carbons (Fsp3) is 0.357. The fourth-order valence-electron chi connectivity index (χ4n) is 2.17. The van der Waals surface area contributed by atoms with E-state index in [4.69, 9.17) is 0 Å². The molecule has 9 heteroatoms. The van der Waals surface area contributed by atoms with Gasteiger partial charge in [0.2, 0.25) is 11.8 Å². The molecule has 0 bridgehead atoms. The number of nitro groups is 1. The van der Waals surface area contributed by atoms with E-state index in [9.17, 15) is 19.7 Å². The highest BCUT2D eigenvalue weighted by atomic mass is 32.2. The monoisotopic (exact) mass is 336 g/mol. The maximum Gasteiger partial charge on any atom is 0.293 e. The average Bonchev–Trinajstić information content (AvgIpc) is 2.76. The smallest absolute Gasteiger partial charge is 0.293 e. The summed E-state index contributed by atoms with van der Waals surface area (Å²) < 4.78 is 0. The number of nitrogens with zero attached hydrogens (tertiary/aromatic N) is 3. The zero-order valence-electron chi connectivity index (χ0n) is 12.9. The van der Waals surface area contributed by atoms with E-state index in [0.717, 1.165) is 5.56 Å². The van der Waals surface area contributed by atoms with Gasteiger partial charge in [-0.25, -0.2) is 0 Å². The number of carbonyl (C=O) groups excluding carboxylic acids is 2. The standard InChI is InChI=1S/C14H16N4O4S/c1-8-4-5-9(10(6-8)18(21)22)16-12(19)7-11-13(20)17(3)14(15-2)23-11/h4-6,11H,7H2,1-3H3,(H,16,19)/t11-/m1/s1. The van der Waals surface area contributed by atoms with Gasteiger partial charge in [-0.3, -0.25) is 29.6 Å². The van der Waals surface area contributed by atoms with Crippen molar-refractivity contribution in [2.45, 2.75) is 18.6 Å². The quantitative estimate of drug-likeness (QED) is 0.666. The molecular weight excluding hydrogens is 320 g/mol. The first-order chi connectivity index (χ1) is 10.8. The van der Waals surface area contributed by atoms with Crippen LogP contribution in [-0.4, -0.2) is 46.2 Å². The van der Waals surface area contributed by atoms with E-state index in [2.05, 4.69) is 10.3 Å². The van der Waals surface area contributed by atoms with Crippen molar-refractivity contribution in [2.75, 3.05) is 19.4 Å². The van der Waals surface area contributed by atoms with Crippen molar-refractivity contribution in [3.8, 4) is 0 Å². The van der Waals surface area contributed by atoms with Crippen molar-refractivity contribution in [3.63, 3.8) is 0 Å². The molecule has 1 heterocycles.